The molecule has 4 aliphatic rings. The number of amides is 8. The molecule has 8 N–H and O–H groups in total. The van der Waals surface area contributed by atoms with Crippen molar-refractivity contribution in [2.75, 3.05) is 239 Å². The van der Waals surface area contributed by atoms with Crippen LogP contribution in [-0.2, 0) is 150 Å². The second-order valence-electron chi connectivity index (χ2n) is 30.9. The first kappa shape index (κ1) is 103. The van der Waals surface area contributed by atoms with E-state index >= 15 is 4.39 Å². The Kier molecular flexibility index (Phi) is 43.7. The second kappa shape index (κ2) is 55.8. The molecule has 2 aliphatic heterocycles. The van der Waals surface area contributed by atoms with Gasteiger partial charge in [-0.15, -0.1) is 0 Å². The summed E-state index contributed by atoms with van der Waals surface area (Å²) in [6.07, 6.45) is -0.999. The molecule has 4 aromatic carbocycles. The summed E-state index contributed by atoms with van der Waals surface area (Å²) in [5.41, 5.74) is 5.47. The lowest BCUT2D eigenvalue weighted by Crippen LogP contribution is -2.52. The number of nitrogens with one attached hydrogen (secondary N) is 7. The molecule has 6 aromatic rings. The van der Waals surface area contributed by atoms with E-state index in [1.165, 1.54) is 15.5 Å². The van der Waals surface area contributed by atoms with Crippen LogP contribution in [0.15, 0.2) is 95.8 Å². The fourth-order valence-corrected chi connectivity index (χ4v) is 15.3. The van der Waals surface area contributed by atoms with Crippen LogP contribution in [-0.4, -0.2) is 324 Å². The number of hydrogen-bond acceptors (Lipinski definition) is 29. The van der Waals surface area contributed by atoms with Crippen LogP contribution in [0.25, 0.3) is 33.4 Å². The van der Waals surface area contributed by atoms with Gasteiger partial charge in [-0.05, 0) is 83.2 Å². The molecule has 39 heteroatoms. The van der Waals surface area contributed by atoms with Crippen molar-refractivity contribution in [3.05, 3.63) is 157 Å². The third-order valence-corrected chi connectivity index (χ3v) is 22.1. The molecular weight excluding hydrogens is 1710 g/mol. The molecule has 4 atom stereocenters. The number of carbonyl (C=O) groups is 9. The lowest BCUT2D eigenvalue weighted by molar-refractivity contribution is -0.172. The molecule has 2 aromatic heterocycles. The fourth-order valence-electron chi connectivity index (χ4n) is 15.3. The Labute approximate surface area is 759 Å². The van der Waals surface area contributed by atoms with E-state index in [4.69, 9.17) is 85.5 Å². The number of pyridine rings is 2. The predicted octanol–water partition coefficient (Wildman–Crippen LogP) is 2.81. The number of halogens is 1. The lowest BCUT2D eigenvalue weighted by atomic mass is 9.81. The summed E-state index contributed by atoms with van der Waals surface area (Å²) >= 11 is 0. The quantitative estimate of drug-likeness (QED) is 0.0154. The first-order chi connectivity index (χ1) is 63.8. The van der Waals surface area contributed by atoms with Crippen LogP contribution in [0.2, 0.25) is 0 Å². The summed E-state index contributed by atoms with van der Waals surface area (Å²) in [7, 11) is 3.22. The zero-order valence-electron chi connectivity index (χ0n) is 74.9. The molecule has 716 valence electrons. The maximum atomic E-state index is 15.6. The highest BCUT2D eigenvalue weighted by Gasteiger charge is 2.46. The lowest BCUT2D eigenvalue weighted by Gasteiger charge is -2.31. The molecule has 0 bridgehead atoms. The van der Waals surface area contributed by atoms with Gasteiger partial charge in [0.1, 0.15) is 44.5 Å². The number of nitrogens with zero attached hydrogens (tertiary/aromatic N) is 3. The highest BCUT2D eigenvalue weighted by Crippen LogP contribution is 2.47. The first-order valence-electron chi connectivity index (χ1n) is 44.2. The number of alkyl carbamates (subject to hydrolysis) is 1. The molecule has 0 fully saturated rings. The van der Waals surface area contributed by atoms with Gasteiger partial charge in [0.15, 0.2) is 5.60 Å². The van der Waals surface area contributed by atoms with Crippen LogP contribution >= 0.6 is 0 Å². The van der Waals surface area contributed by atoms with Crippen molar-refractivity contribution in [3.8, 4) is 22.5 Å². The number of carbonyl (C=O) groups excluding carboxylic acids is 9. The molecular formula is C92H123FN10O28. The Hall–Kier alpha value is -10.4. The van der Waals surface area contributed by atoms with E-state index in [1.54, 1.807) is 64.5 Å². The minimum Gasteiger partial charge on any atom is -0.458 e. The van der Waals surface area contributed by atoms with Crippen molar-refractivity contribution in [1.82, 2.24) is 51.7 Å². The topological polar surface area (TPSA) is 453 Å². The Morgan fingerprint density at radius 1 is 0.565 bits per heavy atom. The van der Waals surface area contributed by atoms with Gasteiger partial charge >= 0.3 is 12.1 Å². The number of fused-ring (bicyclic) bond motifs is 8. The van der Waals surface area contributed by atoms with Crippen molar-refractivity contribution in [3.63, 3.8) is 0 Å². The number of rotatable bonds is 65. The number of hydrogen-bond donors (Lipinski definition) is 8. The third kappa shape index (κ3) is 31.6. The number of aliphatic hydroxyl groups is 1. The van der Waals surface area contributed by atoms with Crippen LogP contribution in [0.3, 0.4) is 0 Å². The van der Waals surface area contributed by atoms with Crippen LogP contribution < -0.4 is 42.8 Å². The van der Waals surface area contributed by atoms with Gasteiger partial charge in [0, 0.05) is 68.6 Å². The van der Waals surface area contributed by atoms with Gasteiger partial charge in [0.25, 0.3) is 5.56 Å². The number of esters is 1. The number of ether oxygens (including phenoxy) is 17. The number of aromatic nitrogens is 2. The second-order valence-corrected chi connectivity index (χ2v) is 30.9. The fraction of sp³-hybridized carbons (Fsp3) is 0.554. The largest absolute Gasteiger partial charge is 0.458 e. The number of aryl methyl sites for hydroxylation is 1. The average molecular weight is 1840 g/mol. The van der Waals surface area contributed by atoms with Crippen LogP contribution in [0.1, 0.15) is 94.6 Å². The number of methoxy groups -OCH3 is 2. The zero-order valence-corrected chi connectivity index (χ0v) is 74.9. The number of cyclic esters (lactones) is 1. The van der Waals surface area contributed by atoms with Gasteiger partial charge in [-0.1, -0.05) is 85.8 Å². The van der Waals surface area contributed by atoms with Gasteiger partial charge in [-0.25, -0.2) is 19.0 Å². The Morgan fingerprint density at radius 2 is 1.06 bits per heavy atom. The zero-order chi connectivity index (χ0) is 93.0. The summed E-state index contributed by atoms with van der Waals surface area (Å²) in [5.74, 6) is -6.66. The van der Waals surface area contributed by atoms with Crippen LogP contribution in [0, 0.1) is 12.7 Å². The molecule has 0 radical (unpaired) electrons. The third-order valence-electron chi connectivity index (χ3n) is 22.1. The maximum absolute atomic E-state index is 15.6. The highest BCUT2D eigenvalue weighted by molar-refractivity contribution is 5.96. The standard InChI is InChI=1S/C92H123FN10O28/c1-5-92(114)72-52-78-86-69(57-103(78)88(110)71(72)59-130-90(92)112)85-74(20-19-64-62(2)73(93)53-76(100-86)84(64)85)98-83(108)60-129-61-97-81(106)55-96-87(109)77(51-63-13-7-6-8-14-63)99-82(107)56-95-80(105)54-94-79(104)22-21-75(101-91(113)131-58-70-67-17-11-9-15-65(67)66-16-10-12-18-68(66)70)89(111)102(23-25-117-31-33-121-39-41-125-47-49-127-45-43-123-37-35-119-29-27-115-3)24-26-118-32-34-122-40-42-126-48-50-128-46-44-124-38-36-120-30-28-116-4/h6-18,52-53,70,74-75,77,114H,5,19-51,54-61H2,1-4H3,(H,94,104)(H,95,105)(H,96,109)(H,97,106)(H,98,108)(H,99,107)(H,101,113)/t74-,75-,77-,92-/m0/s1. The van der Waals surface area contributed by atoms with Crippen LogP contribution in [0.4, 0.5) is 9.18 Å². The molecule has 38 nitrogen and oxygen atoms in total. The average Bonchev–Trinajstić information content (AvgIpc) is 1.58. The van der Waals surface area contributed by atoms with E-state index in [-0.39, 0.29) is 134 Å². The molecule has 4 heterocycles. The highest BCUT2D eigenvalue weighted by atomic mass is 19.1. The molecule has 0 spiro atoms. The summed E-state index contributed by atoms with van der Waals surface area (Å²) in [5, 5.41) is 30.4. The summed E-state index contributed by atoms with van der Waals surface area (Å²) in [6, 6.07) is 23.8. The van der Waals surface area contributed by atoms with Crippen molar-refractivity contribution >= 4 is 64.3 Å². The summed E-state index contributed by atoms with van der Waals surface area (Å²) in [6.45, 7) is 9.00. The predicted molar refractivity (Wildman–Crippen MR) is 470 cm³/mol. The molecule has 10 rings (SSSR count). The van der Waals surface area contributed by atoms with E-state index in [0.717, 1.165) is 22.3 Å². The minimum atomic E-state index is -2.08. The molecule has 0 saturated carbocycles. The molecule has 8 amide bonds. The van der Waals surface area contributed by atoms with E-state index in [0.29, 0.717) is 176 Å². The van der Waals surface area contributed by atoms with Crippen molar-refractivity contribution in [2.45, 2.75) is 95.2 Å². The molecule has 2 aliphatic carbocycles. The smallest absolute Gasteiger partial charge is 0.407 e. The van der Waals surface area contributed by atoms with Gasteiger partial charge < -0.3 is 132 Å². The SMILES string of the molecule is CC[C@@]1(O)C(=O)OCc2c1cc1n(c2=O)Cc2c-1nc1cc(F)c(C)c3c1c2[C@@H](NC(=O)COCNC(=O)CNC(=O)[C@H](Cc1ccccc1)NC(=O)CNC(=O)CNC(=O)CC[C@H](NC(=O)OCC1c2ccccc2-c2ccccc21)C(=O)N(CCOCCOCCOCCOCCOCCOCCOC)CCOCCOCCOCCOCCOCCOCCOC)CC3. The van der Waals surface area contributed by atoms with Crippen molar-refractivity contribution in [2.24, 2.45) is 0 Å². The van der Waals surface area contributed by atoms with E-state index in [1.807, 2.05) is 48.5 Å². The van der Waals surface area contributed by atoms with Gasteiger partial charge in [-0.3, -0.25) is 38.4 Å². The van der Waals surface area contributed by atoms with Gasteiger partial charge in [0.2, 0.25) is 41.4 Å². The summed E-state index contributed by atoms with van der Waals surface area (Å²) in [4.78, 5) is 144. The molecule has 0 saturated heterocycles. The van der Waals surface area contributed by atoms with E-state index in [9.17, 15) is 53.1 Å². The first-order valence-corrected chi connectivity index (χ1v) is 44.2. The molecule has 131 heavy (non-hydrogen) atoms. The maximum Gasteiger partial charge on any atom is 0.407 e. The monoisotopic (exact) mass is 1830 g/mol. The van der Waals surface area contributed by atoms with Gasteiger partial charge in [-0.2, -0.15) is 0 Å². The Balaban J connectivity index is 0.683. The number of benzene rings is 4. The van der Waals surface area contributed by atoms with Gasteiger partial charge in [0.05, 0.1) is 226 Å². The summed E-state index contributed by atoms with van der Waals surface area (Å²) < 4.78 is 111. The van der Waals surface area contributed by atoms with Crippen molar-refractivity contribution < 1.29 is 133 Å². The van der Waals surface area contributed by atoms with Crippen molar-refractivity contribution in [1.29, 1.82) is 0 Å². The normalized spacial score (nSPS) is 15.0. The van der Waals surface area contributed by atoms with Crippen LogP contribution in [0.5, 0.6) is 0 Å². The Morgan fingerprint density at radius 3 is 1.60 bits per heavy atom. The Bertz CT molecular complexity index is 4670. The minimum absolute atomic E-state index is 0.0177. The van der Waals surface area contributed by atoms with E-state index in [2.05, 4.69) is 37.2 Å². The molecule has 0 unspecified atom stereocenters. The van der Waals surface area contributed by atoms with E-state index < -0.39 is 121 Å².